The number of rotatable bonds is 26. The smallest absolute Gasteiger partial charge is 0.329 e. The molecule has 0 spiro atoms. The minimum absolute atomic E-state index is 0.0874. The van der Waals surface area contributed by atoms with Crippen LogP contribution in [0.1, 0.15) is 41.5 Å². The summed E-state index contributed by atoms with van der Waals surface area (Å²) in [7, 11) is 18.2. The predicted octanol–water partition coefficient (Wildman–Crippen LogP) is -0.238. The van der Waals surface area contributed by atoms with Gasteiger partial charge in [-0.3, -0.25) is 44.3 Å². The summed E-state index contributed by atoms with van der Waals surface area (Å²) in [6.07, 6.45) is -0.983. The van der Waals surface area contributed by atoms with Crippen molar-refractivity contribution in [2.75, 3.05) is 52.9 Å². The Kier molecular flexibility index (Phi) is 28.3. The number of carbonyl (C=O) groups excluding carboxylic acids is 8. The third-order valence-corrected chi connectivity index (χ3v) is 12.3. The number of nitrogens with one attached hydrogen (secondary N) is 4. The van der Waals surface area contributed by atoms with Crippen LogP contribution < -0.4 is 20.3 Å². The van der Waals surface area contributed by atoms with Gasteiger partial charge in [-0.15, -0.1) is 0 Å². The zero-order valence-corrected chi connectivity index (χ0v) is 42.9. The maximum atomic E-state index is 14.4. The fourth-order valence-electron chi connectivity index (χ4n) is 5.57. The molecule has 4 N–H and O–H groups in total. The van der Waals surface area contributed by atoms with Crippen molar-refractivity contribution in [1.82, 2.24) is 39.9 Å². The van der Waals surface area contributed by atoms with Crippen LogP contribution in [0.25, 0.3) is 0 Å². The first-order chi connectivity index (χ1) is 27.5. The molecule has 0 aliphatic rings. The van der Waals surface area contributed by atoms with E-state index in [4.69, 9.17) is 14.2 Å². The normalized spacial score (nSPS) is 15.4. The largest absolute Gasteiger partial charge is 0.462 e. The van der Waals surface area contributed by atoms with Gasteiger partial charge in [-0.2, -0.15) is 11.8 Å². The van der Waals surface area contributed by atoms with Gasteiger partial charge in [-0.05, 0) is 34.9 Å². The van der Waals surface area contributed by atoms with Crippen LogP contribution in [-0.4, -0.2) is 168 Å². The lowest BCUT2D eigenvalue weighted by atomic mass is 10.0. The second-order valence-electron chi connectivity index (χ2n) is 14.0. The lowest BCUT2D eigenvalue weighted by Gasteiger charge is -2.37. The molecule has 0 aromatic heterocycles. The summed E-state index contributed by atoms with van der Waals surface area (Å²) >= 11 is 1.10. The lowest BCUT2D eigenvalue weighted by Crippen LogP contribution is -2.58. The van der Waals surface area contributed by atoms with Gasteiger partial charge in [0.25, 0.3) is 0 Å². The van der Waals surface area contributed by atoms with Gasteiger partial charge in [0.2, 0.25) is 23.6 Å². The van der Waals surface area contributed by atoms with Crippen LogP contribution in [0.3, 0.4) is 0 Å². The van der Waals surface area contributed by atoms with Crippen LogP contribution in [0, 0.1) is 11.8 Å². The van der Waals surface area contributed by atoms with Crippen LogP contribution in [-0.2, 0) is 52.3 Å². The molecule has 0 fully saturated rings. The number of carbonyl (C=O) groups is 8. The van der Waals surface area contributed by atoms with E-state index in [1.54, 1.807) is 41.5 Å². The van der Waals surface area contributed by atoms with Crippen LogP contribution >= 0.6 is 68.0 Å². The molecule has 0 saturated heterocycles. The van der Waals surface area contributed by atoms with E-state index in [0.717, 1.165) is 11.8 Å². The average Bonchev–Trinajstić information content (AvgIpc) is 3.19. The number of hydrogen-bond acceptors (Lipinski definition) is 17. The summed E-state index contributed by atoms with van der Waals surface area (Å²) in [6.45, 7) is 9.29. The Morgan fingerprint density at radius 1 is 0.559 bits per heavy atom. The average molecular weight is 971 g/mol. The Morgan fingerprint density at radius 2 is 0.949 bits per heavy atom. The summed E-state index contributed by atoms with van der Waals surface area (Å²) in [5, 5.41) is 10.8. The number of ether oxygens (including phenoxy) is 3. The van der Waals surface area contributed by atoms with E-state index in [0.29, 0.717) is 0 Å². The van der Waals surface area contributed by atoms with Gasteiger partial charge < -0.3 is 38.3 Å². The Morgan fingerprint density at radius 3 is 1.25 bits per heavy atom. The van der Waals surface area contributed by atoms with Crippen LogP contribution in [0.2, 0.25) is 0 Å². The fraction of sp³-hybridized carbons (Fsp3) is 0.750. The Hall–Kier alpha value is -1.47. The molecule has 0 aliphatic carbocycles. The Labute approximate surface area is 365 Å². The molecule has 0 aliphatic heterocycles. The van der Waals surface area contributed by atoms with E-state index in [1.165, 1.54) is 47.8 Å². The Bertz CT molecular complexity index is 1450. The third-order valence-electron chi connectivity index (χ3n) is 9.08. The van der Waals surface area contributed by atoms with Gasteiger partial charge in [0.15, 0.2) is 6.23 Å². The molecule has 0 aromatic carbocycles. The van der Waals surface area contributed by atoms with Crippen molar-refractivity contribution < 1.29 is 57.1 Å². The van der Waals surface area contributed by atoms with Gasteiger partial charge in [0.1, 0.15) is 43.4 Å². The van der Waals surface area contributed by atoms with Crippen molar-refractivity contribution in [2.45, 2.75) is 90.1 Å². The highest BCUT2D eigenvalue weighted by molar-refractivity contribution is 7.99. The van der Waals surface area contributed by atoms with E-state index in [2.05, 4.69) is 62.4 Å². The summed E-state index contributed by atoms with van der Waals surface area (Å²) in [5.41, 5.74) is -0.686. The van der Waals surface area contributed by atoms with E-state index in [1.807, 2.05) is 18.7 Å². The minimum Gasteiger partial charge on any atom is -0.462 e. The summed E-state index contributed by atoms with van der Waals surface area (Å²) in [5.74, 6) is -5.53. The van der Waals surface area contributed by atoms with Gasteiger partial charge >= 0.3 is 23.6 Å². The second kappa shape index (κ2) is 29.0. The highest BCUT2D eigenvalue weighted by Gasteiger charge is 2.41. The second-order valence-corrected chi connectivity index (χ2v) is 17.1. The van der Waals surface area contributed by atoms with E-state index >= 15 is 0 Å². The zero-order valence-electron chi connectivity index (χ0n) is 35.2. The molecule has 0 bridgehead atoms. The SMILES string of the molecule is CC(C)C(C(=O)OC[C@@H](NP)C(=O)OP)N(C)C(=O)[C@H](CSC[C@@H](C(=O)N(C)[C@H](C(=O)OC[C@@H](NP)OC(=O)P)C(C)C)N(C)C(=O)[C@H](C)NP)N(C)C(=O)[C@H](C)NP. The first-order valence-corrected chi connectivity index (χ1v) is 22.7. The van der Waals surface area contributed by atoms with Crippen LogP contribution in [0.15, 0.2) is 0 Å². The quantitative estimate of drug-likeness (QED) is 0.0379. The zero-order chi connectivity index (χ0) is 45.9. The van der Waals surface area contributed by atoms with Crippen molar-refractivity contribution >= 4 is 115 Å². The number of amides is 4. The monoisotopic (exact) mass is 970 g/mol. The maximum absolute atomic E-state index is 14.4. The highest BCUT2D eigenvalue weighted by atomic mass is 32.2. The molecule has 14 atom stereocenters. The Balaban J connectivity index is 6.77. The number of nitrogens with zero attached hydrogens (tertiary/aromatic N) is 4. The third kappa shape index (κ3) is 18.0. The van der Waals surface area contributed by atoms with Gasteiger partial charge in [-0.25, -0.2) is 14.4 Å². The van der Waals surface area contributed by atoms with E-state index in [9.17, 15) is 38.4 Å². The molecule has 340 valence electrons. The molecule has 27 heteroatoms. The van der Waals surface area contributed by atoms with Gasteiger partial charge in [0.05, 0.1) is 21.6 Å². The molecule has 7 unspecified atom stereocenters. The number of thioether (sulfide) groups is 1. The first-order valence-electron chi connectivity index (χ1n) is 18.2. The number of esters is 2. The van der Waals surface area contributed by atoms with Gasteiger partial charge in [-0.1, -0.05) is 65.3 Å². The van der Waals surface area contributed by atoms with Crippen molar-refractivity contribution in [3.05, 3.63) is 0 Å². The molecule has 59 heavy (non-hydrogen) atoms. The molecule has 4 amide bonds. The molecule has 0 saturated carbocycles. The van der Waals surface area contributed by atoms with Gasteiger partial charge in [0, 0.05) is 39.7 Å². The number of likely N-dealkylation sites (N-methyl/N-ethyl adjacent to an activating group) is 4. The molecular weight excluding hydrogens is 906 g/mol. The molecule has 0 rings (SSSR count). The summed E-state index contributed by atoms with van der Waals surface area (Å²) in [4.78, 5) is 111. The first kappa shape index (κ1) is 57.5. The van der Waals surface area contributed by atoms with Crippen LogP contribution in [0.5, 0.6) is 0 Å². The lowest BCUT2D eigenvalue weighted by molar-refractivity contribution is -0.160. The van der Waals surface area contributed by atoms with Crippen LogP contribution in [0.4, 0.5) is 4.79 Å². The molecule has 20 nitrogen and oxygen atoms in total. The van der Waals surface area contributed by atoms with Crippen molar-refractivity contribution in [2.24, 2.45) is 11.8 Å². The summed E-state index contributed by atoms with van der Waals surface area (Å²) in [6, 6.07) is -7.09. The summed E-state index contributed by atoms with van der Waals surface area (Å²) < 4.78 is 20.5. The fourth-order valence-corrected chi connectivity index (χ4v) is 7.89. The van der Waals surface area contributed by atoms with E-state index < -0.39 is 114 Å². The minimum atomic E-state index is -1.18. The maximum Gasteiger partial charge on any atom is 0.329 e. The van der Waals surface area contributed by atoms with Crippen molar-refractivity contribution in [3.8, 4) is 0 Å². The molecular formula is C32H64N8O12P6S. The van der Waals surface area contributed by atoms with E-state index in [-0.39, 0.29) is 18.1 Å². The van der Waals surface area contributed by atoms with Crippen molar-refractivity contribution in [1.29, 1.82) is 0 Å². The molecule has 0 radical (unpaired) electrons. The number of hydrogen-bond donors (Lipinski definition) is 4. The topological polar surface area (TPSA) is 235 Å². The highest BCUT2D eigenvalue weighted by Crippen LogP contribution is 2.22. The molecule has 0 heterocycles. The predicted molar refractivity (Wildman–Crippen MR) is 245 cm³/mol. The molecule has 0 aromatic rings. The standard InChI is InChI=1S/C32H64N8O12P6S/c1-15(2)23(30(46)49-11-19(35-56)29(45)52-58)39(9)27(43)20(37(7)25(41)17(5)33-54)13-59-14-21(38(8)26(42)18(6)34-55)28(44)40(10)24(16(3)4)31(47)50-12-22(36-57)51-32(48)53/h15-24,33-36H,11-14,53-58H2,1-10H3/t17-,18-,19+,20-,21-,22-,23?,24-/m0/s1. The van der Waals surface area contributed by atoms with Crippen molar-refractivity contribution in [3.63, 3.8) is 0 Å².